The van der Waals surface area contributed by atoms with E-state index in [0.717, 1.165) is 24.1 Å². The molecule has 3 N–H and O–H groups in total. The summed E-state index contributed by atoms with van der Waals surface area (Å²) in [6.07, 6.45) is 0.769. The Balaban J connectivity index is 1.82. The molecule has 4 nitrogen and oxygen atoms in total. The third-order valence-electron chi connectivity index (χ3n) is 3.39. The number of hydrogen-bond donors (Lipinski definition) is 2. The van der Waals surface area contributed by atoms with Gasteiger partial charge in [0.05, 0.1) is 4.90 Å². The van der Waals surface area contributed by atoms with Gasteiger partial charge < -0.3 is 5.32 Å². The van der Waals surface area contributed by atoms with Crippen molar-refractivity contribution in [2.75, 3.05) is 6.54 Å². The third-order valence-corrected chi connectivity index (χ3v) is 4.32. The lowest BCUT2D eigenvalue weighted by Crippen LogP contribution is -2.17. The number of nitrogens with two attached hydrogens (primary N) is 1. The zero-order valence-electron chi connectivity index (χ0n) is 12.3. The van der Waals surface area contributed by atoms with Gasteiger partial charge in [0.15, 0.2) is 0 Å². The van der Waals surface area contributed by atoms with Crippen molar-refractivity contribution in [1.82, 2.24) is 5.32 Å². The van der Waals surface area contributed by atoms with Crippen molar-refractivity contribution in [2.24, 2.45) is 5.14 Å². The summed E-state index contributed by atoms with van der Waals surface area (Å²) in [4.78, 5) is 0.117. The van der Waals surface area contributed by atoms with Gasteiger partial charge in [-0.25, -0.2) is 17.9 Å². The average Bonchev–Trinajstić information content (AvgIpc) is 2.47. The topological polar surface area (TPSA) is 72.2 Å². The van der Waals surface area contributed by atoms with Gasteiger partial charge in [0.25, 0.3) is 0 Å². The summed E-state index contributed by atoms with van der Waals surface area (Å²) >= 11 is 0. The molecule has 0 aliphatic carbocycles. The van der Waals surface area contributed by atoms with Gasteiger partial charge in [0.2, 0.25) is 10.0 Å². The smallest absolute Gasteiger partial charge is 0.238 e. The van der Waals surface area contributed by atoms with Gasteiger partial charge in [-0.05, 0) is 54.8 Å². The Morgan fingerprint density at radius 1 is 1.09 bits per heavy atom. The number of aryl methyl sites for hydroxylation is 1. The van der Waals surface area contributed by atoms with Gasteiger partial charge in [0, 0.05) is 6.54 Å². The molecule has 6 heteroatoms. The lowest BCUT2D eigenvalue weighted by Gasteiger charge is -2.07. The van der Waals surface area contributed by atoms with Crippen LogP contribution in [0.15, 0.2) is 47.4 Å². The molecule has 0 aromatic heterocycles. The maximum Gasteiger partial charge on any atom is 0.238 e. The number of rotatable bonds is 6. The Hall–Kier alpha value is -1.76. The van der Waals surface area contributed by atoms with Gasteiger partial charge in [-0.15, -0.1) is 0 Å². The van der Waals surface area contributed by atoms with E-state index in [1.807, 2.05) is 6.07 Å². The van der Waals surface area contributed by atoms with E-state index in [1.165, 1.54) is 18.2 Å². The Labute approximate surface area is 130 Å². The first-order chi connectivity index (χ1) is 10.4. The van der Waals surface area contributed by atoms with Crippen molar-refractivity contribution in [3.63, 3.8) is 0 Å². The minimum atomic E-state index is -3.63. The Kier molecular flexibility index (Phi) is 5.28. The van der Waals surface area contributed by atoms with E-state index in [4.69, 9.17) is 5.14 Å². The fourth-order valence-corrected chi connectivity index (χ4v) is 2.64. The normalized spacial score (nSPS) is 11.6. The number of halogens is 1. The zero-order valence-corrected chi connectivity index (χ0v) is 13.2. The van der Waals surface area contributed by atoms with Crippen LogP contribution in [0.5, 0.6) is 0 Å². The van der Waals surface area contributed by atoms with Gasteiger partial charge in [-0.2, -0.15) is 0 Å². The van der Waals surface area contributed by atoms with Crippen molar-refractivity contribution in [2.45, 2.75) is 24.8 Å². The summed E-state index contributed by atoms with van der Waals surface area (Å²) in [6, 6.07) is 11.6. The predicted octanol–water partition coefficient (Wildman–Crippen LogP) is 2.11. The van der Waals surface area contributed by atoms with E-state index in [1.54, 1.807) is 25.1 Å². The third kappa shape index (κ3) is 4.62. The van der Waals surface area contributed by atoms with E-state index in [9.17, 15) is 12.8 Å². The predicted molar refractivity (Wildman–Crippen MR) is 84.4 cm³/mol. The molecule has 0 aliphatic heterocycles. The van der Waals surface area contributed by atoms with E-state index >= 15 is 0 Å². The lowest BCUT2D eigenvalue weighted by atomic mass is 10.1. The summed E-state index contributed by atoms with van der Waals surface area (Å²) < 4.78 is 35.5. The highest BCUT2D eigenvalue weighted by molar-refractivity contribution is 7.89. The van der Waals surface area contributed by atoms with Crippen LogP contribution < -0.4 is 10.5 Å². The second-order valence-electron chi connectivity index (χ2n) is 5.20. The second kappa shape index (κ2) is 7.00. The largest absolute Gasteiger partial charge is 0.312 e. The van der Waals surface area contributed by atoms with E-state index in [2.05, 4.69) is 5.32 Å². The number of hydrogen-bond acceptors (Lipinski definition) is 3. The van der Waals surface area contributed by atoms with Crippen molar-refractivity contribution in [1.29, 1.82) is 0 Å². The molecule has 0 bridgehead atoms. The van der Waals surface area contributed by atoms with Gasteiger partial charge >= 0.3 is 0 Å². The number of primary sulfonamides is 1. The Morgan fingerprint density at radius 2 is 1.73 bits per heavy atom. The molecule has 0 fully saturated rings. The van der Waals surface area contributed by atoms with E-state index in [-0.39, 0.29) is 10.7 Å². The molecule has 118 valence electrons. The van der Waals surface area contributed by atoms with Crippen LogP contribution in [0, 0.1) is 12.7 Å². The van der Waals surface area contributed by atoms with Crippen LogP contribution in [0.25, 0.3) is 0 Å². The fraction of sp³-hybridized carbons (Fsp3) is 0.250. The molecule has 0 radical (unpaired) electrons. The zero-order chi connectivity index (χ0) is 16.2. The summed E-state index contributed by atoms with van der Waals surface area (Å²) in [7, 11) is -3.63. The van der Waals surface area contributed by atoms with Crippen LogP contribution in [-0.2, 0) is 23.0 Å². The minimum Gasteiger partial charge on any atom is -0.312 e. The highest BCUT2D eigenvalue weighted by atomic mass is 32.2. The molecule has 2 aromatic rings. The van der Waals surface area contributed by atoms with Crippen molar-refractivity contribution >= 4 is 10.0 Å². The highest BCUT2D eigenvalue weighted by Gasteiger charge is 2.06. The fourth-order valence-electron chi connectivity index (χ4n) is 2.13. The molecule has 0 atom stereocenters. The molecule has 0 amide bonds. The molecule has 0 unspecified atom stereocenters. The van der Waals surface area contributed by atoms with Crippen LogP contribution >= 0.6 is 0 Å². The number of nitrogens with one attached hydrogen (secondary N) is 1. The van der Waals surface area contributed by atoms with Crippen LogP contribution in [0.1, 0.15) is 16.7 Å². The standard InChI is InChI=1S/C16H19FN2O2S/c1-12-10-14(4-7-16(12)17)11-19-9-8-13-2-5-15(6-3-13)22(18,20)21/h2-7,10,19H,8-9,11H2,1H3,(H2,18,20,21). The first-order valence-electron chi connectivity index (χ1n) is 6.94. The SMILES string of the molecule is Cc1cc(CNCCc2ccc(S(N)(=O)=O)cc2)ccc1F. The Morgan fingerprint density at radius 3 is 2.32 bits per heavy atom. The molecule has 0 heterocycles. The van der Waals surface area contributed by atoms with Crippen LogP contribution in [0.3, 0.4) is 0 Å². The molecule has 0 saturated carbocycles. The van der Waals surface area contributed by atoms with Crippen molar-refractivity contribution in [3.05, 3.63) is 65.0 Å². The second-order valence-corrected chi connectivity index (χ2v) is 6.76. The summed E-state index contributed by atoms with van der Waals surface area (Å²) in [5, 5.41) is 8.33. The van der Waals surface area contributed by atoms with Gasteiger partial charge in [-0.3, -0.25) is 0 Å². The van der Waals surface area contributed by atoms with Gasteiger partial charge in [0.1, 0.15) is 5.82 Å². The van der Waals surface area contributed by atoms with Gasteiger partial charge in [-0.1, -0.05) is 24.3 Å². The number of sulfonamides is 1. The lowest BCUT2D eigenvalue weighted by molar-refractivity contribution is 0.597. The maximum absolute atomic E-state index is 13.2. The van der Waals surface area contributed by atoms with E-state index in [0.29, 0.717) is 12.1 Å². The first kappa shape index (κ1) is 16.6. The first-order valence-corrected chi connectivity index (χ1v) is 8.48. The molecular formula is C16H19FN2O2S. The number of benzene rings is 2. The van der Waals surface area contributed by atoms with Crippen molar-refractivity contribution < 1.29 is 12.8 Å². The van der Waals surface area contributed by atoms with Crippen LogP contribution in [-0.4, -0.2) is 15.0 Å². The molecule has 0 aliphatic rings. The molecule has 0 spiro atoms. The Bertz CT molecular complexity index is 743. The molecule has 22 heavy (non-hydrogen) atoms. The highest BCUT2D eigenvalue weighted by Crippen LogP contribution is 2.10. The van der Waals surface area contributed by atoms with Crippen LogP contribution in [0.2, 0.25) is 0 Å². The molecule has 0 saturated heterocycles. The summed E-state index contributed by atoms with van der Waals surface area (Å²) in [6.45, 7) is 3.15. The van der Waals surface area contributed by atoms with E-state index < -0.39 is 10.0 Å². The molecule has 2 aromatic carbocycles. The molecular weight excluding hydrogens is 303 g/mol. The minimum absolute atomic E-state index is 0.117. The maximum atomic E-state index is 13.2. The quantitative estimate of drug-likeness (QED) is 0.800. The van der Waals surface area contributed by atoms with Crippen LogP contribution in [0.4, 0.5) is 4.39 Å². The summed E-state index contributed by atoms with van der Waals surface area (Å²) in [5.41, 5.74) is 2.69. The van der Waals surface area contributed by atoms with Crippen molar-refractivity contribution in [3.8, 4) is 0 Å². The monoisotopic (exact) mass is 322 g/mol. The summed E-state index contributed by atoms with van der Waals surface area (Å²) in [5.74, 6) is -0.196. The average molecular weight is 322 g/mol. The molecule has 2 rings (SSSR count).